The minimum Gasteiger partial charge on any atom is -0.367 e. The maximum Gasteiger partial charge on any atom is 0.251 e. The quantitative estimate of drug-likeness (QED) is 0.408. The predicted octanol–water partition coefficient (Wildman–Crippen LogP) is 5.18. The number of nitrogens with one attached hydrogen (secondary N) is 2. The van der Waals surface area contributed by atoms with Crippen LogP contribution in [0.1, 0.15) is 43.5 Å². The van der Waals surface area contributed by atoms with Gasteiger partial charge in [-0.05, 0) is 37.3 Å². The molecule has 8 heteroatoms. The molecule has 1 amide bonds. The van der Waals surface area contributed by atoms with E-state index in [1.807, 2.05) is 12.1 Å². The monoisotopic (exact) mass is 449 g/mol. The van der Waals surface area contributed by atoms with Crippen molar-refractivity contribution >= 4 is 28.4 Å². The van der Waals surface area contributed by atoms with Crippen LogP contribution in [0.4, 0.5) is 14.6 Å². The molecule has 1 saturated carbocycles. The zero-order chi connectivity index (χ0) is 23.1. The van der Waals surface area contributed by atoms with Crippen molar-refractivity contribution in [3.8, 4) is 11.3 Å². The van der Waals surface area contributed by atoms with Gasteiger partial charge in [0.1, 0.15) is 0 Å². The summed E-state index contributed by atoms with van der Waals surface area (Å²) in [5.41, 5.74) is 3.35. The number of aromatic nitrogens is 3. The van der Waals surface area contributed by atoms with E-state index in [1.165, 1.54) is 0 Å². The Morgan fingerprint density at radius 2 is 1.88 bits per heavy atom. The Morgan fingerprint density at radius 3 is 2.58 bits per heavy atom. The second-order valence-corrected chi connectivity index (χ2v) is 8.95. The van der Waals surface area contributed by atoms with E-state index in [1.54, 1.807) is 22.7 Å². The largest absolute Gasteiger partial charge is 0.367 e. The van der Waals surface area contributed by atoms with Crippen molar-refractivity contribution in [3.05, 3.63) is 59.8 Å². The Balaban J connectivity index is 1.59. The average molecular weight is 450 g/mol. The van der Waals surface area contributed by atoms with E-state index in [0.29, 0.717) is 46.2 Å². The Bertz CT molecular complexity index is 1340. The molecule has 1 aliphatic rings. The number of amides is 1. The van der Waals surface area contributed by atoms with Crippen molar-refractivity contribution in [3.63, 3.8) is 0 Å². The number of anilines is 1. The summed E-state index contributed by atoms with van der Waals surface area (Å²) in [5, 5.41) is 6.27. The third-order valence-corrected chi connectivity index (χ3v) is 5.83. The number of imidazole rings is 1. The summed E-state index contributed by atoms with van der Waals surface area (Å²) >= 11 is 0. The van der Waals surface area contributed by atoms with Crippen LogP contribution in [-0.4, -0.2) is 32.9 Å². The molecular formula is C25H25F2N5O. The summed E-state index contributed by atoms with van der Waals surface area (Å²) in [7, 11) is 0. The molecule has 0 saturated heterocycles. The van der Waals surface area contributed by atoms with Crippen molar-refractivity contribution in [2.45, 2.75) is 39.2 Å². The Kier molecular flexibility index (Phi) is 5.44. The Morgan fingerprint density at radius 1 is 1.15 bits per heavy atom. The number of hydrogen-bond acceptors (Lipinski definition) is 4. The number of carbonyl (C=O) groups is 1. The molecule has 33 heavy (non-hydrogen) atoms. The van der Waals surface area contributed by atoms with Gasteiger partial charge in [-0.3, -0.25) is 9.20 Å². The van der Waals surface area contributed by atoms with Gasteiger partial charge in [0.15, 0.2) is 23.1 Å². The first-order chi connectivity index (χ1) is 15.9. The van der Waals surface area contributed by atoms with Gasteiger partial charge in [0, 0.05) is 35.8 Å². The summed E-state index contributed by atoms with van der Waals surface area (Å²) in [6, 6.07) is 9.73. The molecule has 1 aliphatic carbocycles. The first kappa shape index (κ1) is 21.3. The number of nitrogens with zero attached hydrogens (tertiary/aromatic N) is 3. The van der Waals surface area contributed by atoms with Gasteiger partial charge in [0.25, 0.3) is 5.91 Å². The molecule has 6 nitrogen and oxygen atoms in total. The second kappa shape index (κ2) is 8.42. The summed E-state index contributed by atoms with van der Waals surface area (Å²) in [6.45, 7) is 4.94. The first-order valence-corrected chi connectivity index (χ1v) is 11.2. The molecule has 2 N–H and O–H groups in total. The highest BCUT2D eigenvalue weighted by atomic mass is 19.2. The lowest BCUT2D eigenvalue weighted by Crippen LogP contribution is -2.25. The SMILES string of the molecule is CC(C)CCNc1nc2cc(F)c(F)cc2n2c(-c3ccc(C(=O)NC4CC4)cc3)cnc12. The summed E-state index contributed by atoms with van der Waals surface area (Å²) in [5.74, 6) is -0.966. The summed E-state index contributed by atoms with van der Waals surface area (Å²) in [6.07, 6.45) is 4.67. The number of benzene rings is 2. The van der Waals surface area contributed by atoms with Gasteiger partial charge in [0.2, 0.25) is 0 Å². The van der Waals surface area contributed by atoms with Crippen LogP contribution in [0.2, 0.25) is 0 Å². The van der Waals surface area contributed by atoms with Crippen LogP contribution in [0.15, 0.2) is 42.6 Å². The van der Waals surface area contributed by atoms with E-state index < -0.39 is 11.6 Å². The molecule has 0 unspecified atom stereocenters. The van der Waals surface area contributed by atoms with Crippen LogP contribution in [-0.2, 0) is 0 Å². The fourth-order valence-corrected chi connectivity index (χ4v) is 3.82. The molecule has 0 aliphatic heterocycles. The van der Waals surface area contributed by atoms with E-state index in [0.717, 1.165) is 37.0 Å². The zero-order valence-corrected chi connectivity index (χ0v) is 18.5. The smallest absolute Gasteiger partial charge is 0.251 e. The lowest BCUT2D eigenvalue weighted by molar-refractivity contribution is 0.0951. The molecular weight excluding hydrogens is 424 g/mol. The fourth-order valence-electron chi connectivity index (χ4n) is 3.82. The number of halogens is 2. The maximum atomic E-state index is 14.2. The lowest BCUT2D eigenvalue weighted by atomic mass is 10.1. The van der Waals surface area contributed by atoms with E-state index in [2.05, 4.69) is 34.4 Å². The minimum atomic E-state index is -0.949. The standard InChI is InChI=1S/C25H25F2N5O/c1-14(2)9-10-28-23-24-29-13-22(32(24)21-12-19(27)18(26)11-20(21)31-23)15-3-5-16(6-4-15)25(33)30-17-7-8-17/h3-6,11-14,17H,7-10H2,1-2H3,(H,28,31)(H,30,33). The Hall–Kier alpha value is -3.55. The van der Waals surface area contributed by atoms with Crippen molar-refractivity contribution in [1.82, 2.24) is 19.7 Å². The third-order valence-electron chi connectivity index (χ3n) is 5.83. The number of fused-ring (bicyclic) bond motifs is 3. The van der Waals surface area contributed by atoms with Crippen LogP contribution >= 0.6 is 0 Å². The average Bonchev–Trinajstić information content (AvgIpc) is 3.49. The molecule has 2 aromatic heterocycles. The summed E-state index contributed by atoms with van der Waals surface area (Å²) < 4.78 is 29.9. The van der Waals surface area contributed by atoms with Gasteiger partial charge < -0.3 is 10.6 Å². The van der Waals surface area contributed by atoms with Gasteiger partial charge in [-0.2, -0.15) is 0 Å². The molecule has 0 bridgehead atoms. The number of hydrogen-bond donors (Lipinski definition) is 2. The fraction of sp³-hybridized carbons (Fsp3) is 0.320. The van der Waals surface area contributed by atoms with Crippen LogP contribution in [0, 0.1) is 17.6 Å². The van der Waals surface area contributed by atoms with Crippen LogP contribution < -0.4 is 10.6 Å². The van der Waals surface area contributed by atoms with Crippen molar-refractivity contribution in [2.24, 2.45) is 5.92 Å². The van der Waals surface area contributed by atoms with Crippen LogP contribution in [0.5, 0.6) is 0 Å². The van der Waals surface area contributed by atoms with Crippen molar-refractivity contribution in [2.75, 3.05) is 11.9 Å². The van der Waals surface area contributed by atoms with Gasteiger partial charge in [-0.15, -0.1) is 0 Å². The van der Waals surface area contributed by atoms with Crippen molar-refractivity contribution in [1.29, 1.82) is 0 Å². The molecule has 2 heterocycles. The van der Waals surface area contributed by atoms with Gasteiger partial charge in [0.05, 0.1) is 22.9 Å². The van der Waals surface area contributed by atoms with E-state index in [4.69, 9.17) is 0 Å². The Labute approximate surface area is 190 Å². The van der Waals surface area contributed by atoms with Crippen LogP contribution in [0.3, 0.4) is 0 Å². The highest BCUT2D eigenvalue weighted by Gasteiger charge is 2.24. The first-order valence-electron chi connectivity index (χ1n) is 11.2. The van der Waals surface area contributed by atoms with Gasteiger partial charge >= 0.3 is 0 Å². The molecule has 0 radical (unpaired) electrons. The number of rotatable bonds is 7. The maximum absolute atomic E-state index is 14.2. The second-order valence-electron chi connectivity index (χ2n) is 8.95. The highest BCUT2D eigenvalue weighted by molar-refractivity contribution is 5.95. The molecule has 0 spiro atoms. The van der Waals surface area contributed by atoms with Crippen molar-refractivity contribution < 1.29 is 13.6 Å². The van der Waals surface area contributed by atoms with E-state index in [9.17, 15) is 13.6 Å². The molecule has 5 rings (SSSR count). The molecule has 2 aromatic carbocycles. The molecule has 1 fully saturated rings. The molecule has 0 atom stereocenters. The topological polar surface area (TPSA) is 71.3 Å². The van der Waals surface area contributed by atoms with Gasteiger partial charge in [-0.25, -0.2) is 18.7 Å². The number of carbonyl (C=O) groups excluding carboxylic acids is 1. The molecule has 170 valence electrons. The van der Waals surface area contributed by atoms with Gasteiger partial charge in [-0.1, -0.05) is 26.0 Å². The third kappa shape index (κ3) is 4.25. The minimum absolute atomic E-state index is 0.0916. The zero-order valence-electron chi connectivity index (χ0n) is 18.5. The van der Waals surface area contributed by atoms with E-state index >= 15 is 0 Å². The lowest BCUT2D eigenvalue weighted by Gasteiger charge is -2.13. The van der Waals surface area contributed by atoms with E-state index in [-0.39, 0.29) is 11.9 Å². The normalized spacial score (nSPS) is 13.7. The predicted molar refractivity (Wildman–Crippen MR) is 124 cm³/mol. The summed E-state index contributed by atoms with van der Waals surface area (Å²) in [4.78, 5) is 21.4. The molecule has 4 aromatic rings. The van der Waals surface area contributed by atoms with Crippen LogP contribution in [0.25, 0.3) is 27.9 Å². The highest BCUT2D eigenvalue weighted by Crippen LogP contribution is 2.30.